The normalized spacial score (nSPS) is 18.2. The highest BCUT2D eigenvalue weighted by Gasteiger charge is 2.34. The molecule has 1 aliphatic carbocycles. The number of ketones is 1. The third-order valence-electron chi connectivity index (χ3n) is 5.65. The van der Waals surface area contributed by atoms with Crippen LogP contribution in [0.3, 0.4) is 0 Å². The molecule has 0 N–H and O–H groups in total. The molecule has 0 bridgehead atoms. The van der Waals surface area contributed by atoms with Gasteiger partial charge in [0.1, 0.15) is 12.3 Å². The van der Waals surface area contributed by atoms with Crippen molar-refractivity contribution >= 4 is 34.3 Å². The van der Waals surface area contributed by atoms with Crippen molar-refractivity contribution in [3.63, 3.8) is 0 Å². The van der Waals surface area contributed by atoms with Gasteiger partial charge >= 0.3 is 5.97 Å². The minimum Gasteiger partial charge on any atom is -0.465 e. The van der Waals surface area contributed by atoms with Gasteiger partial charge in [0.05, 0.1) is 12.0 Å². The van der Waals surface area contributed by atoms with E-state index < -0.39 is 5.41 Å². The summed E-state index contributed by atoms with van der Waals surface area (Å²) in [6.45, 7) is 4.91. The summed E-state index contributed by atoms with van der Waals surface area (Å²) in [7, 11) is 0. The number of aromatic nitrogens is 1. The number of carbonyl (C=O) groups is 2. The molecule has 0 saturated carbocycles. The van der Waals surface area contributed by atoms with Crippen LogP contribution in [0.1, 0.15) is 31.4 Å². The minimum atomic E-state index is -0.435. The van der Waals surface area contributed by atoms with E-state index in [0.717, 1.165) is 23.1 Å². The third-order valence-corrected chi connectivity index (χ3v) is 5.65. The molecule has 2 aromatic rings. The number of carbonyl (C=O) groups excluding carboxylic acids is 2. The van der Waals surface area contributed by atoms with Crippen molar-refractivity contribution in [2.24, 2.45) is 0 Å². The summed E-state index contributed by atoms with van der Waals surface area (Å²) in [5.74, 6) is 0.0113. The molecule has 1 atom stereocenters. The lowest BCUT2D eigenvalue weighted by molar-refractivity contribution is -0.143. The fourth-order valence-corrected chi connectivity index (χ4v) is 3.81. The van der Waals surface area contributed by atoms with Gasteiger partial charge in [-0.15, -0.1) is 17.0 Å². The summed E-state index contributed by atoms with van der Waals surface area (Å²) in [6.07, 6.45) is 18.3. The van der Waals surface area contributed by atoms with Crippen molar-refractivity contribution in [1.29, 1.82) is 0 Å². The van der Waals surface area contributed by atoms with E-state index in [1.54, 1.807) is 19.3 Å². The fraction of sp³-hybridized carbons (Fsp3) is 0.250. The number of allylic oxidation sites excluding steroid dienone is 6. The highest BCUT2D eigenvalue weighted by atomic mass is 79.9. The number of nitrogens with zero attached hydrogens (tertiary/aromatic N) is 2. The van der Waals surface area contributed by atoms with Crippen LogP contribution >= 0.6 is 17.0 Å². The predicted octanol–water partition coefficient (Wildman–Crippen LogP) is 5.46. The summed E-state index contributed by atoms with van der Waals surface area (Å²) in [6, 6.07) is 13.9. The van der Waals surface area contributed by atoms with Gasteiger partial charge in [-0.1, -0.05) is 60.7 Å². The van der Waals surface area contributed by atoms with Crippen LogP contribution in [0.25, 0.3) is 5.57 Å². The SMILES string of the molecule is Br.CC(=O)C1(c2ccccc2)C=CC=CC1.CCOC(=O)CN1C=CC(c2ccncc2)=CC1. The van der Waals surface area contributed by atoms with Crippen LogP contribution in [-0.4, -0.2) is 41.3 Å². The molecule has 178 valence electrons. The smallest absolute Gasteiger partial charge is 0.325 e. The highest BCUT2D eigenvalue weighted by Crippen LogP contribution is 2.33. The van der Waals surface area contributed by atoms with Crippen LogP contribution < -0.4 is 0 Å². The number of hydrogen-bond acceptors (Lipinski definition) is 5. The Morgan fingerprint density at radius 1 is 1.09 bits per heavy atom. The lowest BCUT2D eigenvalue weighted by atomic mass is 9.73. The molecule has 0 spiro atoms. The standard InChI is InChI=1S/C14H16N2O2.C14H14O.BrH/c1-2-18-14(17)11-16-9-5-13(6-10-16)12-3-7-15-8-4-12;1-12(15)14(10-6-3-7-11-14)13-8-4-2-5-9-13;/h3-9H,2,10-11H2,1H3;2-10H,11H2,1H3;1H. The molecule has 34 heavy (non-hydrogen) atoms. The third kappa shape index (κ3) is 7.12. The highest BCUT2D eigenvalue weighted by molar-refractivity contribution is 8.93. The van der Waals surface area contributed by atoms with Gasteiger partial charge in [-0.3, -0.25) is 14.6 Å². The molecule has 0 radical (unpaired) electrons. The van der Waals surface area contributed by atoms with Crippen LogP contribution in [0.4, 0.5) is 0 Å². The van der Waals surface area contributed by atoms with Crippen LogP contribution in [-0.2, 0) is 19.7 Å². The van der Waals surface area contributed by atoms with E-state index in [1.165, 1.54) is 0 Å². The van der Waals surface area contributed by atoms with Crippen molar-refractivity contribution < 1.29 is 14.3 Å². The molecule has 2 heterocycles. The largest absolute Gasteiger partial charge is 0.465 e. The Morgan fingerprint density at radius 3 is 2.38 bits per heavy atom. The predicted molar refractivity (Wildman–Crippen MR) is 142 cm³/mol. The van der Waals surface area contributed by atoms with E-state index in [2.05, 4.69) is 17.1 Å². The Labute approximate surface area is 212 Å². The Morgan fingerprint density at radius 2 is 1.82 bits per heavy atom. The molecule has 5 nitrogen and oxygen atoms in total. The molecule has 4 rings (SSSR count). The summed E-state index contributed by atoms with van der Waals surface area (Å²) in [5.41, 5.74) is 2.93. The first-order valence-corrected chi connectivity index (χ1v) is 11.1. The zero-order valence-corrected chi connectivity index (χ0v) is 21.3. The monoisotopic (exact) mass is 522 g/mol. The summed E-state index contributed by atoms with van der Waals surface area (Å²) in [4.78, 5) is 29.1. The van der Waals surface area contributed by atoms with E-state index in [-0.39, 0.29) is 28.7 Å². The van der Waals surface area contributed by atoms with Crippen LogP contribution in [0.2, 0.25) is 0 Å². The van der Waals surface area contributed by atoms with Gasteiger partial charge in [-0.25, -0.2) is 0 Å². The number of esters is 1. The van der Waals surface area contributed by atoms with Crippen molar-refractivity contribution in [3.8, 4) is 0 Å². The number of benzene rings is 1. The van der Waals surface area contributed by atoms with E-state index in [1.807, 2.05) is 84.8 Å². The molecule has 0 amide bonds. The van der Waals surface area contributed by atoms with Gasteiger partial charge in [-0.2, -0.15) is 0 Å². The van der Waals surface area contributed by atoms with Crippen molar-refractivity contribution in [1.82, 2.24) is 9.88 Å². The van der Waals surface area contributed by atoms with Crippen molar-refractivity contribution in [2.75, 3.05) is 19.7 Å². The molecule has 0 saturated heterocycles. The Kier molecular flexibility index (Phi) is 10.7. The van der Waals surface area contributed by atoms with Gasteiger partial charge in [0.25, 0.3) is 0 Å². The van der Waals surface area contributed by atoms with Gasteiger partial charge in [-0.05, 0) is 55.2 Å². The van der Waals surface area contributed by atoms with Crippen LogP contribution in [0.15, 0.2) is 97.5 Å². The first-order chi connectivity index (χ1) is 16.0. The van der Waals surface area contributed by atoms with Gasteiger partial charge in [0.2, 0.25) is 0 Å². The summed E-state index contributed by atoms with van der Waals surface area (Å²) >= 11 is 0. The van der Waals surface area contributed by atoms with E-state index in [9.17, 15) is 9.59 Å². The maximum absolute atomic E-state index is 11.8. The average molecular weight is 523 g/mol. The number of Topliss-reactive ketones (excluding diaryl/α,β-unsaturated/α-hetero) is 1. The Bertz CT molecular complexity index is 1060. The zero-order valence-electron chi connectivity index (χ0n) is 19.6. The van der Waals surface area contributed by atoms with E-state index in [0.29, 0.717) is 19.7 Å². The second-order valence-corrected chi connectivity index (χ2v) is 7.83. The van der Waals surface area contributed by atoms with Gasteiger partial charge in [0, 0.05) is 25.1 Å². The zero-order chi connectivity index (χ0) is 23.5. The second-order valence-electron chi connectivity index (χ2n) is 7.83. The lowest BCUT2D eigenvalue weighted by Crippen LogP contribution is -2.32. The van der Waals surface area contributed by atoms with Gasteiger partial charge in [0.15, 0.2) is 0 Å². The molecule has 1 unspecified atom stereocenters. The Balaban J connectivity index is 0.000000237. The average Bonchev–Trinajstić information content (AvgIpc) is 2.86. The lowest BCUT2D eigenvalue weighted by Gasteiger charge is -2.28. The van der Waals surface area contributed by atoms with E-state index >= 15 is 0 Å². The molecular weight excluding hydrogens is 492 g/mol. The second kappa shape index (κ2) is 13.5. The topological polar surface area (TPSA) is 59.5 Å². The van der Waals surface area contributed by atoms with Crippen LogP contribution in [0, 0.1) is 0 Å². The number of halogens is 1. The van der Waals surface area contributed by atoms with Crippen LogP contribution in [0.5, 0.6) is 0 Å². The molecule has 0 fully saturated rings. The summed E-state index contributed by atoms with van der Waals surface area (Å²) in [5, 5.41) is 0. The first kappa shape index (κ1) is 27.0. The quantitative estimate of drug-likeness (QED) is 0.471. The maximum atomic E-state index is 11.8. The molecule has 1 aromatic carbocycles. The molecular formula is C28H31BrN2O3. The number of rotatable bonds is 6. The number of hydrogen-bond donors (Lipinski definition) is 0. The first-order valence-electron chi connectivity index (χ1n) is 11.1. The number of ether oxygens (including phenoxy) is 1. The van der Waals surface area contributed by atoms with E-state index in [4.69, 9.17) is 4.74 Å². The molecule has 1 aliphatic heterocycles. The fourth-order valence-electron chi connectivity index (χ4n) is 3.81. The summed E-state index contributed by atoms with van der Waals surface area (Å²) < 4.78 is 4.91. The molecule has 2 aliphatic rings. The molecule has 6 heteroatoms. The Hall–Kier alpha value is -3.25. The maximum Gasteiger partial charge on any atom is 0.325 e. The molecule has 1 aromatic heterocycles. The minimum absolute atomic E-state index is 0. The van der Waals surface area contributed by atoms with Crippen molar-refractivity contribution in [3.05, 3.63) is 109 Å². The number of pyridine rings is 1. The van der Waals surface area contributed by atoms with Crippen molar-refractivity contribution in [2.45, 2.75) is 25.7 Å². The van der Waals surface area contributed by atoms with Gasteiger partial charge < -0.3 is 9.64 Å².